The first-order valence-corrected chi connectivity index (χ1v) is 9.70. The molecule has 0 bridgehead atoms. The molecule has 0 aromatic heterocycles. The highest BCUT2D eigenvalue weighted by Crippen LogP contribution is 2.29. The van der Waals surface area contributed by atoms with Gasteiger partial charge in [0.15, 0.2) is 5.41 Å². The molecule has 3 nitrogen and oxygen atoms in total. The minimum Gasteiger partial charge on any atom is -0.435 e. The summed E-state index contributed by atoms with van der Waals surface area (Å²) in [5.74, 6) is -0.270. The molecule has 1 atom stereocenters. The highest BCUT2D eigenvalue weighted by Gasteiger charge is 2.40. The maximum absolute atomic E-state index is 11.9. The Morgan fingerprint density at radius 2 is 2.00 bits per heavy atom. The van der Waals surface area contributed by atoms with Gasteiger partial charge in [0.2, 0.25) is 0 Å². The van der Waals surface area contributed by atoms with E-state index in [0.29, 0.717) is 6.61 Å². The van der Waals surface area contributed by atoms with E-state index >= 15 is 0 Å². The molecule has 0 aliphatic carbocycles. The Morgan fingerprint density at radius 1 is 1.33 bits per heavy atom. The van der Waals surface area contributed by atoms with Crippen LogP contribution in [0.3, 0.4) is 0 Å². The molecule has 0 amide bonds. The van der Waals surface area contributed by atoms with Crippen LogP contribution in [0.25, 0.3) is 0 Å². The summed E-state index contributed by atoms with van der Waals surface area (Å²) in [5.41, 5.74) is -0.591. The van der Waals surface area contributed by atoms with Crippen molar-refractivity contribution < 1.29 is 14.3 Å². The fourth-order valence-electron chi connectivity index (χ4n) is 1.97. The van der Waals surface area contributed by atoms with E-state index in [4.69, 9.17) is 9.47 Å². The van der Waals surface area contributed by atoms with Crippen molar-refractivity contribution in [1.82, 2.24) is 0 Å². The molecule has 0 spiro atoms. The van der Waals surface area contributed by atoms with E-state index in [2.05, 4.69) is 33.9 Å². The second kappa shape index (κ2) is 6.02. The van der Waals surface area contributed by atoms with Crippen LogP contribution in [0.4, 0.5) is 0 Å². The van der Waals surface area contributed by atoms with Gasteiger partial charge in [-0.25, -0.2) is 4.79 Å². The molecule has 1 unspecified atom stereocenters. The molecule has 1 aliphatic heterocycles. The molecule has 1 rings (SSSR count). The molecular formula is C14H26O3Si. The van der Waals surface area contributed by atoms with Crippen LogP contribution >= 0.6 is 0 Å². The SMILES string of the molecule is C[SiH](C)C1(OC(=O)C=CC(C)(C)C)CCCCO1. The predicted octanol–water partition coefficient (Wildman–Crippen LogP) is 3.05. The van der Waals surface area contributed by atoms with Crippen molar-refractivity contribution >= 4 is 14.8 Å². The molecule has 18 heavy (non-hydrogen) atoms. The van der Waals surface area contributed by atoms with Gasteiger partial charge in [-0.2, -0.15) is 0 Å². The van der Waals surface area contributed by atoms with Crippen molar-refractivity contribution in [2.24, 2.45) is 5.41 Å². The van der Waals surface area contributed by atoms with E-state index < -0.39 is 14.2 Å². The fraction of sp³-hybridized carbons (Fsp3) is 0.786. The normalized spacial score (nSPS) is 25.7. The van der Waals surface area contributed by atoms with Crippen LogP contribution in [0.2, 0.25) is 13.1 Å². The highest BCUT2D eigenvalue weighted by molar-refractivity contribution is 6.58. The van der Waals surface area contributed by atoms with E-state index in [0.717, 1.165) is 19.3 Å². The molecule has 0 N–H and O–H groups in total. The van der Waals surface area contributed by atoms with E-state index in [1.54, 1.807) is 0 Å². The summed E-state index contributed by atoms with van der Waals surface area (Å²) in [6, 6.07) is 0. The summed E-state index contributed by atoms with van der Waals surface area (Å²) in [7, 11) is -1.21. The van der Waals surface area contributed by atoms with Gasteiger partial charge in [-0.1, -0.05) is 39.9 Å². The second-order valence-corrected chi connectivity index (χ2v) is 9.58. The van der Waals surface area contributed by atoms with Gasteiger partial charge in [0.25, 0.3) is 0 Å². The van der Waals surface area contributed by atoms with Crippen LogP contribution in [0, 0.1) is 5.41 Å². The third-order valence-electron chi connectivity index (χ3n) is 3.14. The summed E-state index contributed by atoms with van der Waals surface area (Å²) in [6.07, 6.45) is 6.43. The molecule has 1 aliphatic rings. The number of ether oxygens (including phenoxy) is 2. The largest absolute Gasteiger partial charge is 0.435 e. The third kappa shape index (κ3) is 4.57. The van der Waals surface area contributed by atoms with Crippen LogP contribution in [0.5, 0.6) is 0 Å². The third-order valence-corrected chi connectivity index (χ3v) is 5.47. The molecule has 0 aromatic carbocycles. The molecule has 104 valence electrons. The first kappa shape index (κ1) is 15.4. The fourth-order valence-corrected chi connectivity index (χ4v) is 3.55. The standard InChI is InChI=1S/C14H26O3Si/c1-13(2,3)10-8-12(15)17-14(18(4)5)9-6-7-11-16-14/h8,10,18H,6-7,9,11H2,1-5H3. The Kier molecular flexibility index (Phi) is 5.17. The van der Waals surface area contributed by atoms with Gasteiger partial charge >= 0.3 is 5.97 Å². The molecule has 1 heterocycles. The molecular weight excluding hydrogens is 244 g/mol. The lowest BCUT2D eigenvalue weighted by molar-refractivity contribution is -0.204. The summed E-state index contributed by atoms with van der Waals surface area (Å²) < 4.78 is 11.5. The van der Waals surface area contributed by atoms with Gasteiger partial charge in [-0.05, 0) is 18.3 Å². The van der Waals surface area contributed by atoms with Crippen molar-refractivity contribution in [3.05, 3.63) is 12.2 Å². The van der Waals surface area contributed by atoms with E-state index in [9.17, 15) is 4.79 Å². The maximum Gasteiger partial charge on any atom is 0.332 e. The summed E-state index contributed by atoms with van der Waals surface area (Å²) >= 11 is 0. The zero-order valence-corrected chi connectivity index (χ0v) is 13.4. The van der Waals surface area contributed by atoms with Crippen LogP contribution in [0.15, 0.2) is 12.2 Å². The van der Waals surface area contributed by atoms with Crippen molar-refractivity contribution in [3.8, 4) is 0 Å². The number of hydrogen-bond acceptors (Lipinski definition) is 3. The molecule has 4 heteroatoms. The quantitative estimate of drug-likeness (QED) is 0.449. The average molecular weight is 270 g/mol. The lowest BCUT2D eigenvalue weighted by atomic mass is 9.96. The molecule has 0 saturated carbocycles. The monoisotopic (exact) mass is 270 g/mol. The van der Waals surface area contributed by atoms with Gasteiger partial charge in [0.05, 0.1) is 6.61 Å². The number of allylic oxidation sites excluding steroid dienone is 1. The van der Waals surface area contributed by atoms with Crippen molar-refractivity contribution in [2.45, 2.75) is 58.5 Å². The Hall–Kier alpha value is -0.613. The van der Waals surface area contributed by atoms with Gasteiger partial charge in [0, 0.05) is 12.5 Å². The first-order valence-electron chi connectivity index (χ1n) is 6.81. The van der Waals surface area contributed by atoms with Crippen LogP contribution in [-0.4, -0.2) is 26.8 Å². The first-order chi connectivity index (χ1) is 8.25. The molecule has 1 fully saturated rings. The van der Waals surface area contributed by atoms with Gasteiger partial charge in [-0.15, -0.1) is 0 Å². The zero-order valence-electron chi connectivity index (χ0n) is 12.3. The number of esters is 1. The van der Waals surface area contributed by atoms with Crippen molar-refractivity contribution in [1.29, 1.82) is 0 Å². The second-order valence-electron chi connectivity index (χ2n) is 6.39. The number of rotatable bonds is 3. The van der Waals surface area contributed by atoms with Crippen molar-refractivity contribution in [3.63, 3.8) is 0 Å². The zero-order chi connectivity index (χ0) is 13.8. The summed E-state index contributed by atoms with van der Waals surface area (Å²) in [4.78, 5) is 11.9. The molecule has 0 radical (unpaired) electrons. The number of hydrogen-bond donors (Lipinski definition) is 0. The van der Waals surface area contributed by atoms with Crippen LogP contribution < -0.4 is 0 Å². The Balaban J connectivity index is 2.67. The smallest absolute Gasteiger partial charge is 0.332 e. The Morgan fingerprint density at radius 3 is 2.44 bits per heavy atom. The van der Waals surface area contributed by atoms with Crippen LogP contribution in [0.1, 0.15) is 40.0 Å². The molecule has 0 aromatic rings. The van der Waals surface area contributed by atoms with E-state index in [1.165, 1.54) is 6.08 Å². The number of carbonyl (C=O) groups excluding carboxylic acids is 1. The van der Waals surface area contributed by atoms with E-state index in [-0.39, 0.29) is 11.4 Å². The maximum atomic E-state index is 11.9. The summed E-state index contributed by atoms with van der Waals surface area (Å²) in [5, 5.41) is 0. The average Bonchev–Trinajstić information content (AvgIpc) is 2.26. The van der Waals surface area contributed by atoms with Crippen LogP contribution in [-0.2, 0) is 14.3 Å². The number of carbonyl (C=O) groups is 1. The van der Waals surface area contributed by atoms with Gasteiger partial charge in [0.1, 0.15) is 8.80 Å². The lowest BCUT2D eigenvalue weighted by Gasteiger charge is -2.39. The van der Waals surface area contributed by atoms with E-state index in [1.807, 2.05) is 6.08 Å². The molecule has 1 saturated heterocycles. The Bertz CT molecular complexity index is 309. The Labute approximate surface area is 112 Å². The topological polar surface area (TPSA) is 35.5 Å². The predicted molar refractivity (Wildman–Crippen MR) is 76.1 cm³/mol. The van der Waals surface area contributed by atoms with Gasteiger partial charge < -0.3 is 9.47 Å². The minimum atomic E-state index is -1.21. The minimum absolute atomic E-state index is 0.00509. The highest BCUT2D eigenvalue weighted by atomic mass is 28.3. The van der Waals surface area contributed by atoms with Crippen molar-refractivity contribution in [2.75, 3.05) is 6.61 Å². The van der Waals surface area contributed by atoms with Gasteiger partial charge in [-0.3, -0.25) is 0 Å². The lowest BCUT2D eigenvalue weighted by Crippen LogP contribution is -2.50. The summed E-state index contributed by atoms with van der Waals surface area (Å²) in [6.45, 7) is 11.2.